The molecular weight excluding hydrogens is 176 g/mol. The number of methoxy groups -OCH3 is 1. The minimum absolute atomic E-state index is 0.201. The van der Waals surface area contributed by atoms with Crippen LogP contribution in [0.4, 0.5) is 0 Å². The highest BCUT2D eigenvalue weighted by atomic mass is 16.5. The van der Waals surface area contributed by atoms with Gasteiger partial charge in [0.15, 0.2) is 0 Å². The van der Waals surface area contributed by atoms with Crippen molar-refractivity contribution in [1.29, 1.82) is 0 Å². The van der Waals surface area contributed by atoms with Crippen molar-refractivity contribution in [3.8, 4) is 0 Å². The molecule has 1 atom stereocenters. The zero-order chi connectivity index (χ0) is 11.0. The Labute approximate surface area is 88.4 Å². The average Bonchev–Trinajstić information content (AvgIpc) is 2.18. The first-order valence-electron chi connectivity index (χ1n) is 5.49. The summed E-state index contributed by atoms with van der Waals surface area (Å²) in [6.07, 6.45) is 2.39. The van der Waals surface area contributed by atoms with Gasteiger partial charge in [-0.1, -0.05) is 20.8 Å². The summed E-state index contributed by atoms with van der Waals surface area (Å²) in [7, 11) is 1.72. The van der Waals surface area contributed by atoms with E-state index < -0.39 is 0 Å². The second-order valence-electron chi connectivity index (χ2n) is 4.58. The predicted octanol–water partition coefficient (Wildman–Crippen LogP) is 1.38. The van der Waals surface area contributed by atoms with E-state index in [4.69, 9.17) is 10.5 Å². The summed E-state index contributed by atoms with van der Waals surface area (Å²) in [5.74, 6) is 0. The lowest BCUT2D eigenvalue weighted by Crippen LogP contribution is -2.33. The molecule has 86 valence electrons. The zero-order valence-electron chi connectivity index (χ0n) is 10.1. The molecule has 0 rings (SSSR count). The van der Waals surface area contributed by atoms with Gasteiger partial charge in [-0.3, -0.25) is 0 Å². The highest BCUT2D eigenvalue weighted by molar-refractivity contribution is 4.70. The van der Waals surface area contributed by atoms with Gasteiger partial charge in [-0.05, 0) is 24.8 Å². The lowest BCUT2D eigenvalue weighted by molar-refractivity contribution is 0.101. The molecule has 0 fully saturated rings. The summed E-state index contributed by atoms with van der Waals surface area (Å²) in [5.41, 5.74) is 5.92. The van der Waals surface area contributed by atoms with Crippen molar-refractivity contribution < 1.29 is 4.74 Å². The van der Waals surface area contributed by atoms with Gasteiger partial charge >= 0.3 is 0 Å². The predicted molar refractivity (Wildman–Crippen MR) is 61.4 cm³/mol. The molecule has 0 amide bonds. The largest absolute Gasteiger partial charge is 0.380 e. The summed E-state index contributed by atoms with van der Waals surface area (Å²) in [6.45, 7) is 9.42. The van der Waals surface area contributed by atoms with E-state index in [0.717, 1.165) is 19.5 Å². The van der Waals surface area contributed by atoms with Crippen LogP contribution in [0.1, 0.15) is 33.6 Å². The Hall–Kier alpha value is -0.120. The van der Waals surface area contributed by atoms with Gasteiger partial charge in [-0.2, -0.15) is 0 Å². The normalized spacial score (nSPS) is 14.4. The van der Waals surface area contributed by atoms with Crippen molar-refractivity contribution in [3.05, 3.63) is 0 Å². The van der Waals surface area contributed by atoms with E-state index >= 15 is 0 Å². The number of ether oxygens (including phenoxy) is 1. The van der Waals surface area contributed by atoms with E-state index in [-0.39, 0.29) is 6.10 Å². The van der Waals surface area contributed by atoms with E-state index in [1.54, 1.807) is 7.11 Å². The fourth-order valence-corrected chi connectivity index (χ4v) is 1.15. The molecular formula is C11H26N2O. The molecule has 1 unspecified atom stereocenters. The zero-order valence-corrected chi connectivity index (χ0v) is 10.1. The molecule has 3 nitrogen and oxygen atoms in total. The van der Waals surface area contributed by atoms with Crippen LogP contribution in [0, 0.1) is 5.41 Å². The van der Waals surface area contributed by atoms with Crippen LogP contribution in [0.3, 0.4) is 0 Å². The van der Waals surface area contributed by atoms with Crippen LogP contribution in [0.2, 0.25) is 0 Å². The fourth-order valence-electron chi connectivity index (χ4n) is 1.15. The van der Waals surface area contributed by atoms with Crippen LogP contribution in [0.5, 0.6) is 0 Å². The summed E-state index contributed by atoms with van der Waals surface area (Å²) >= 11 is 0. The van der Waals surface area contributed by atoms with E-state index in [1.807, 2.05) is 0 Å². The Kier molecular flexibility index (Phi) is 7.15. The highest BCUT2D eigenvalue weighted by Crippen LogP contribution is 2.17. The van der Waals surface area contributed by atoms with Gasteiger partial charge in [0.1, 0.15) is 0 Å². The Morgan fingerprint density at radius 3 is 2.50 bits per heavy atom. The molecule has 3 N–H and O–H groups in total. The van der Waals surface area contributed by atoms with Crippen molar-refractivity contribution in [2.75, 3.05) is 26.7 Å². The second kappa shape index (κ2) is 7.21. The molecule has 0 saturated carbocycles. The van der Waals surface area contributed by atoms with Gasteiger partial charge in [0, 0.05) is 20.2 Å². The minimum Gasteiger partial charge on any atom is -0.380 e. The van der Waals surface area contributed by atoms with Crippen molar-refractivity contribution in [3.63, 3.8) is 0 Å². The van der Waals surface area contributed by atoms with Gasteiger partial charge in [-0.15, -0.1) is 0 Å². The number of hydrogen-bond acceptors (Lipinski definition) is 3. The standard InChI is InChI=1S/C11H26N2O/c1-5-11(2,3)9-13-7-6-10(8-12)14-4/h10,13H,5-9,12H2,1-4H3. The van der Waals surface area contributed by atoms with Gasteiger partial charge in [0.05, 0.1) is 6.10 Å². The first-order valence-corrected chi connectivity index (χ1v) is 5.49. The molecule has 0 heterocycles. The Balaban J connectivity index is 3.45. The Bertz CT molecular complexity index is 133. The highest BCUT2D eigenvalue weighted by Gasteiger charge is 2.14. The molecule has 3 heteroatoms. The monoisotopic (exact) mass is 202 g/mol. The molecule has 0 aromatic carbocycles. The summed E-state index contributed by atoms with van der Waals surface area (Å²) in [6, 6.07) is 0. The van der Waals surface area contributed by atoms with Crippen molar-refractivity contribution >= 4 is 0 Å². The molecule has 14 heavy (non-hydrogen) atoms. The summed E-state index contributed by atoms with van der Waals surface area (Å²) in [4.78, 5) is 0. The minimum atomic E-state index is 0.201. The van der Waals surface area contributed by atoms with Crippen LogP contribution in [-0.4, -0.2) is 32.8 Å². The van der Waals surface area contributed by atoms with Crippen LogP contribution in [0.15, 0.2) is 0 Å². The number of nitrogens with one attached hydrogen (secondary N) is 1. The van der Waals surface area contributed by atoms with Gasteiger partial charge in [0.25, 0.3) is 0 Å². The van der Waals surface area contributed by atoms with Crippen molar-refractivity contribution in [1.82, 2.24) is 5.32 Å². The second-order valence-corrected chi connectivity index (χ2v) is 4.58. The molecule has 0 aliphatic heterocycles. The molecule has 0 aromatic heterocycles. The van der Waals surface area contributed by atoms with Crippen LogP contribution < -0.4 is 11.1 Å². The molecule has 0 saturated heterocycles. The number of rotatable bonds is 8. The van der Waals surface area contributed by atoms with E-state index in [1.165, 1.54) is 6.42 Å². The van der Waals surface area contributed by atoms with Crippen LogP contribution in [0.25, 0.3) is 0 Å². The molecule has 0 bridgehead atoms. The third kappa shape index (κ3) is 6.35. The average molecular weight is 202 g/mol. The number of hydrogen-bond donors (Lipinski definition) is 2. The lowest BCUT2D eigenvalue weighted by Gasteiger charge is -2.23. The molecule has 0 aliphatic carbocycles. The summed E-state index contributed by atoms with van der Waals surface area (Å²) < 4.78 is 5.19. The van der Waals surface area contributed by atoms with Crippen molar-refractivity contribution in [2.45, 2.75) is 39.7 Å². The molecule has 0 radical (unpaired) electrons. The maximum absolute atomic E-state index is 5.52. The first-order chi connectivity index (χ1) is 6.55. The molecule has 0 aliphatic rings. The lowest BCUT2D eigenvalue weighted by atomic mass is 9.90. The van der Waals surface area contributed by atoms with Crippen LogP contribution >= 0.6 is 0 Å². The smallest absolute Gasteiger partial charge is 0.0705 e. The van der Waals surface area contributed by atoms with Gasteiger partial charge < -0.3 is 15.8 Å². The topological polar surface area (TPSA) is 47.3 Å². The SMILES string of the molecule is CCC(C)(C)CNCCC(CN)OC. The molecule has 0 aromatic rings. The van der Waals surface area contributed by atoms with E-state index in [2.05, 4.69) is 26.1 Å². The molecule has 0 spiro atoms. The Morgan fingerprint density at radius 2 is 2.07 bits per heavy atom. The van der Waals surface area contributed by atoms with E-state index in [9.17, 15) is 0 Å². The maximum atomic E-state index is 5.52. The maximum Gasteiger partial charge on any atom is 0.0705 e. The Morgan fingerprint density at radius 1 is 1.43 bits per heavy atom. The van der Waals surface area contributed by atoms with E-state index in [0.29, 0.717) is 12.0 Å². The fraction of sp³-hybridized carbons (Fsp3) is 1.00. The quantitative estimate of drug-likeness (QED) is 0.585. The summed E-state index contributed by atoms with van der Waals surface area (Å²) in [5, 5.41) is 3.44. The van der Waals surface area contributed by atoms with Gasteiger partial charge in [-0.25, -0.2) is 0 Å². The number of nitrogens with two attached hydrogens (primary N) is 1. The van der Waals surface area contributed by atoms with Gasteiger partial charge in [0.2, 0.25) is 0 Å². The third-order valence-electron chi connectivity index (χ3n) is 2.80. The third-order valence-corrected chi connectivity index (χ3v) is 2.80. The first kappa shape index (κ1) is 13.9. The van der Waals surface area contributed by atoms with Crippen molar-refractivity contribution in [2.24, 2.45) is 11.1 Å². The van der Waals surface area contributed by atoms with Crippen LogP contribution in [-0.2, 0) is 4.74 Å².